The van der Waals surface area contributed by atoms with E-state index in [0.717, 1.165) is 6.42 Å². The predicted molar refractivity (Wildman–Crippen MR) is 157 cm³/mol. The maximum atomic E-state index is 13.1. The Balaban J connectivity index is 1.55. The molecule has 0 aromatic rings. The van der Waals surface area contributed by atoms with Crippen molar-refractivity contribution in [3.05, 3.63) is 23.8 Å². The molecular formula is C34H52O8. The molecule has 0 radical (unpaired) electrons. The number of ketones is 1. The Labute approximate surface area is 251 Å². The van der Waals surface area contributed by atoms with E-state index in [2.05, 4.69) is 26.8 Å². The Morgan fingerprint density at radius 3 is 2.40 bits per heavy atom. The first-order valence-electron chi connectivity index (χ1n) is 15.6. The fourth-order valence-electron chi connectivity index (χ4n) is 10.5. The van der Waals surface area contributed by atoms with Crippen LogP contribution in [-0.2, 0) is 28.5 Å². The molecule has 12 atom stereocenters. The van der Waals surface area contributed by atoms with Gasteiger partial charge in [-0.3, -0.25) is 9.59 Å². The topological polar surface area (TPSA) is 112 Å². The number of carbonyl (C=O) groups excluding carboxylic acids is 2. The van der Waals surface area contributed by atoms with E-state index in [1.807, 2.05) is 33.8 Å². The highest BCUT2D eigenvalue weighted by Gasteiger charge is 2.71. The SMILES string of the molecule is CO[C@@H]1O[C@H]([C@H](O)C(C)(C)OC)C[C@H]1[C@@H]1CC=C2[C@@]3(C)[C@H]([C@H](O)C[C@]21C)[C@@]1(C)C=CC(=O)C(C)(C)[C@@H]1C[C@H]3OC(C)=O. The molecule has 1 heterocycles. The number of carbonyl (C=O) groups is 2. The number of methoxy groups -OCH3 is 2. The molecule has 3 fully saturated rings. The highest BCUT2D eigenvalue weighted by molar-refractivity contribution is 5.95. The van der Waals surface area contributed by atoms with Crippen LogP contribution in [0.25, 0.3) is 0 Å². The Bertz CT molecular complexity index is 1170. The number of rotatable bonds is 6. The minimum Gasteiger partial charge on any atom is -0.462 e. The molecule has 0 aromatic carbocycles. The number of hydrogen-bond acceptors (Lipinski definition) is 8. The molecule has 1 saturated heterocycles. The van der Waals surface area contributed by atoms with E-state index in [1.54, 1.807) is 20.3 Å². The first kappa shape index (κ1) is 31.8. The van der Waals surface area contributed by atoms with Gasteiger partial charge >= 0.3 is 5.97 Å². The van der Waals surface area contributed by atoms with Gasteiger partial charge in [-0.15, -0.1) is 0 Å². The van der Waals surface area contributed by atoms with Crippen molar-refractivity contribution in [2.45, 2.75) is 117 Å². The number of aliphatic hydroxyl groups excluding tert-OH is 2. The van der Waals surface area contributed by atoms with Crippen LogP contribution in [0.1, 0.15) is 81.1 Å². The largest absolute Gasteiger partial charge is 0.462 e. The van der Waals surface area contributed by atoms with Gasteiger partial charge in [0.1, 0.15) is 12.2 Å². The van der Waals surface area contributed by atoms with Crippen LogP contribution < -0.4 is 0 Å². The maximum absolute atomic E-state index is 13.1. The monoisotopic (exact) mass is 588 g/mol. The zero-order valence-electron chi connectivity index (χ0n) is 27.1. The third-order valence-electron chi connectivity index (χ3n) is 12.7. The minimum absolute atomic E-state index is 0.0151. The van der Waals surface area contributed by atoms with Gasteiger partial charge in [0.15, 0.2) is 12.1 Å². The Hall–Kier alpha value is -1.58. The molecule has 8 nitrogen and oxygen atoms in total. The molecule has 5 rings (SSSR count). The Kier molecular flexibility index (Phi) is 7.75. The smallest absolute Gasteiger partial charge is 0.302 e. The average molecular weight is 589 g/mol. The van der Waals surface area contributed by atoms with Crippen molar-refractivity contribution < 1.29 is 38.7 Å². The lowest BCUT2D eigenvalue weighted by molar-refractivity contribution is -0.213. The molecule has 0 amide bonds. The van der Waals surface area contributed by atoms with Crippen molar-refractivity contribution in [1.82, 2.24) is 0 Å². The molecular weight excluding hydrogens is 536 g/mol. The normalized spacial score (nSPS) is 46.9. The second-order valence-electron chi connectivity index (χ2n) is 15.5. The fraction of sp³-hybridized carbons (Fsp3) is 0.824. The van der Waals surface area contributed by atoms with E-state index in [1.165, 1.54) is 12.5 Å². The van der Waals surface area contributed by atoms with Gasteiger partial charge in [0.05, 0.1) is 17.8 Å². The highest BCUT2D eigenvalue weighted by atomic mass is 16.7. The molecule has 0 aromatic heterocycles. The molecule has 0 unspecified atom stereocenters. The molecule has 8 heteroatoms. The second kappa shape index (κ2) is 10.2. The number of ether oxygens (including phenoxy) is 4. The predicted octanol–water partition coefficient (Wildman–Crippen LogP) is 4.61. The van der Waals surface area contributed by atoms with E-state index >= 15 is 0 Å². The van der Waals surface area contributed by atoms with Crippen molar-refractivity contribution in [1.29, 1.82) is 0 Å². The van der Waals surface area contributed by atoms with Gasteiger partial charge in [-0.2, -0.15) is 0 Å². The van der Waals surface area contributed by atoms with Crippen LogP contribution in [0.3, 0.4) is 0 Å². The van der Waals surface area contributed by atoms with E-state index < -0.39 is 58.0 Å². The number of aliphatic hydroxyl groups is 2. The minimum atomic E-state index is -0.835. The summed E-state index contributed by atoms with van der Waals surface area (Å²) < 4.78 is 23.9. The van der Waals surface area contributed by atoms with Crippen LogP contribution in [0.15, 0.2) is 23.8 Å². The molecule has 0 spiro atoms. The molecule has 4 aliphatic carbocycles. The summed E-state index contributed by atoms with van der Waals surface area (Å²) in [5.74, 6) is -0.531. The third kappa shape index (κ3) is 4.33. The lowest BCUT2D eigenvalue weighted by atomic mass is 9.37. The van der Waals surface area contributed by atoms with Crippen molar-refractivity contribution >= 4 is 11.8 Å². The van der Waals surface area contributed by atoms with E-state index in [9.17, 15) is 19.8 Å². The summed E-state index contributed by atoms with van der Waals surface area (Å²) in [7, 11) is 3.23. The number of fused-ring (bicyclic) bond motifs is 5. The zero-order chi connectivity index (χ0) is 31.2. The Morgan fingerprint density at radius 2 is 1.81 bits per heavy atom. The standard InChI is InChI=1S/C34H52O8/c1-18(35)41-26-16-24-30(2,3)25(37)13-14-32(24,6)27-21(36)17-33(7)20(11-12-23(33)34(26,27)8)19-15-22(42-29(19)39-9)28(38)31(4,5)40-10/h12-14,19-22,24,26-29,36,38H,11,15-17H2,1-10H3/t19-,20-,21+,22-,24-,26+,27+,28-,29+,32-,33-,34+/m0/s1. The quantitative estimate of drug-likeness (QED) is 0.342. The fourth-order valence-corrected chi connectivity index (χ4v) is 10.5. The highest BCUT2D eigenvalue weighted by Crippen LogP contribution is 2.72. The van der Waals surface area contributed by atoms with Crippen molar-refractivity contribution in [2.24, 2.45) is 45.3 Å². The third-order valence-corrected chi connectivity index (χ3v) is 12.7. The van der Waals surface area contributed by atoms with Crippen molar-refractivity contribution in [3.8, 4) is 0 Å². The van der Waals surface area contributed by atoms with E-state index in [4.69, 9.17) is 18.9 Å². The molecule has 236 valence electrons. The molecule has 5 aliphatic rings. The van der Waals surface area contributed by atoms with Crippen LogP contribution in [0.2, 0.25) is 0 Å². The summed E-state index contributed by atoms with van der Waals surface area (Å²) in [6, 6.07) is 0. The summed E-state index contributed by atoms with van der Waals surface area (Å²) in [4.78, 5) is 25.6. The maximum Gasteiger partial charge on any atom is 0.302 e. The molecule has 2 N–H and O–H groups in total. The van der Waals surface area contributed by atoms with Crippen LogP contribution in [0, 0.1) is 45.3 Å². The molecule has 42 heavy (non-hydrogen) atoms. The van der Waals surface area contributed by atoms with Crippen LogP contribution in [0.4, 0.5) is 0 Å². The van der Waals surface area contributed by atoms with E-state index in [0.29, 0.717) is 19.3 Å². The second-order valence-corrected chi connectivity index (χ2v) is 15.5. The number of allylic oxidation sites excluding steroid dienone is 3. The summed E-state index contributed by atoms with van der Waals surface area (Å²) in [6.07, 6.45) is 5.59. The van der Waals surface area contributed by atoms with Crippen LogP contribution in [0.5, 0.6) is 0 Å². The van der Waals surface area contributed by atoms with Gasteiger partial charge in [-0.25, -0.2) is 0 Å². The number of hydrogen-bond donors (Lipinski definition) is 2. The first-order valence-corrected chi connectivity index (χ1v) is 15.6. The molecule has 2 saturated carbocycles. The van der Waals surface area contributed by atoms with E-state index in [-0.39, 0.29) is 35.4 Å². The van der Waals surface area contributed by atoms with Gasteiger partial charge in [0.25, 0.3) is 0 Å². The zero-order valence-corrected chi connectivity index (χ0v) is 27.1. The lowest BCUT2D eigenvalue weighted by Gasteiger charge is -2.67. The molecule has 0 bridgehead atoms. The van der Waals surface area contributed by atoms with Gasteiger partial charge in [0.2, 0.25) is 0 Å². The van der Waals surface area contributed by atoms with Crippen molar-refractivity contribution in [2.75, 3.05) is 14.2 Å². The lowest BCUT2D eigenvalue weighted by Crippen LogP contribution is -2.68. The summed E-state index contributed by atoms with van der Waals surface area (Å²) in [5, 5.41) is 23.4. The van der Waals surface area contributed by atoms with Gasteiger partial charge in [0, 0.05) is 43.8 Å². The summed E-state index contributed by atoms with van der Waals surface area (Å²) in [5.41, 5.74) is -1.71. The summed E-state index contributed by atoms with van der Waals surface area (Å²) >= 11 is 0. The van der Waals surface area contributed by atoms with Crippen molar-refractivity contribution in [3.63, 3.8) is 0 Å². The van der Waals surface area contributed by atoms with Gasteiger partial charge in [-0.05, 0) is 68.3 Å². The molecule has 1 aliphatic heterocycles. The first-order chi connectivity index (χ1) is 19.4. The van der Waals surface area contributed by atoms with Crippen LogP contribution in [-0.4, -0.2) is 72.5 Å². The van der Waals surface area contributed by atoms with Crippen LogP contribution >= 0.6 is 0 Å². The summed E-state index contributed by atoms with van der Waals surface area (Å²) in [6.45, 7) is 15.7. The van der Waals surface area contributed by atoms with Gasteiger partial charge in [-0.1, -0.05) is 52.3 Å². The average Bonchev–Trinajstić information content (AvgIpc) is 3.47. The Morgan fingerprint density at radius 1 is 1.14 bits per heavy atom. The van der Waals surface area contributed by atoms with Gasteiger partial charge < -0.3 is 29.2 Å². The number of esters is 1.